The second kappa shape index (κ2) is 11.2. The van der Waals surface area contributed by atoms with Crippen molar-refractivity contribution >= 4 is 28.7 Å². The molecule has 2 atom stereocenters. The number of benzene rings is 2. The maximum absolute atomic E-state index is 14.0. The molecule has 1 aromatic heterocycles. The topological polar surface area (TPSA) is 101 Å². The molecule has 0 saturated carbocycles. The zero-order valence-corrected chi connectivity index (χ0v) is 23.4. The second-order valence-electron chi connectivity index (χ2n) is 10.9. The smallest absolute Gasteiger partial charge is 0.227 e. The standard InChI is InChI=1S/C30H35FN4O3S/c1-19(2)25(18-36)32-28-26-24(12-17-39(26)38)33-29(34-28)35-15-13-30(14-16-35,22-8-10-23(31)11-9-22)27(37)21-6-4-20(3)5-7-21/h4-11,19,25,36H,12-18H2,1-3H3,(H,32,33,34)/t25-,39?/m0/s1. The zero-order chi connectivity index (χ0) is 27.7. The molecular formula is C30H35FN4O3S. The van der Waals surface area contributed by atoms with Gasteiger partial charge in [-0.05, 0) is 54.6 Å². The number of aliphatic hydroxyl groups excluding tert-OH is 1. The Morgan fingerprint density at radius 3 is 2.41 bits per heavy atom. The Morgan fingerprint density at radius 1 is 1.13 bits per heavy atom. The van der Waals surface area contributed by atoms with Gasteiger partial charge >= 0.3 is 0 Å². The highest BCUT2D eigenvalue weighted by Gasteiger charge is 2.44. The van der Waals surface area contributed by atoms with Gasteiger partial charge in [0, 0.05) is 25.1 Å². The quantitative estimate of drug-likeness (QED) is 0.316. The fourth-order valence-corrected chi connectivity index (χ4v) is 6.82. The predicted molar refractivity (Wildman–Crippen MR) is 151 cm³/mol. The number of nitrogens with one attached hydrogen (secondary N) is 1. The van der Waals surface area contributed by atoms with E-state index in [1.807, 2.05) is 45.0 Å². The number of aliphatic hydroxyl groups is 1. The molecule has 39 heavy (non-hydrogen) atoms. The number of Topliss-reactive ketones (excluding diaryl/α,β-unsaturated/α-hetero) is 1. The Morgan fingerprint density at radius 2 is 1.79 bits per heavy atom. The molecule has 2 aromatic carbocycles. The van der Waals surface area contributed by atoms with Crippen molar-refractivity contribution in [3.05, 3.63) is 76.7 Å². The molecule has 1 fully saturated rings. The van der Waals surface area contributed by atoms with E-state index < -0.39 is 16.6 Å². The molecule has 0 amide bonds. The summed E-state index contributed by atoms with van der Waals surface area (Å²) in [5.41, 5.74) is 2.51. The van der Waals surface area contributed by atoms with Gasteiger partial charge < -0.3 is 19.9 Å². The molecule has 9 heteroatoms. The molecule has 2 aliphatic rings. The van der Waals surface area contributed by atoms with E-state index in [0.717, 1.165) is 16.8 Å². The first kappa shape index (κ1) is 27.6. The van der Waals surface area contributed by atoms with E-state index in [4.69, 9.17) is 9.97 Å². The van der Waals surface area contributed by atoms with E-state index in [1.165, 1.54) is 12.1 Å². The Labute approximate surface area is 232 Å². The molecule has 3 heterocycles. The van der Waals surface area contributed by atoms with Gasteiger partial charge in [0.05, 0.1) is 18.1 Å². The zero-order valence-electron chi connectivity index (χ0n) is 22.6. The van der Waals surface area contributed by atoms with Gasteiger partial charge in [-0.1, -0.05) is 55.8 Å². The average Bonchev–Trinajstić information content (AvgIpc) is 3.32. The number of aryl methyl sites for hydroxylation is 2. The highest BCUT2D eigenvalue weighted by molar-refractivity contribution is 7.91. The van der Waals surface area contributed by atoms with Crippen molar-refractivity contribution in [2.75, 3.05) is 35.7 Å². The number of rotatable bonds is 8. The maximum atomic E-state index is 14.0. The first-order chi connectivity index (χ1) is 18.7. The van der Waals surface area contributed by atoms with Crippen molar-refractivity contribution in [3.63, 3.8) is 0 Å². The molecule has 0 aliphatic carbocycles. The number of hydrogen-bond donors (Lipinski definition) is 2. The lowest BCUT2D eigenvalue weighted by Gasteiger charge is -2.41. The second-order valence-corrected chi connectivity index (χ2v) is 12.4. The van der Waals surface area contributed by atoms with Crippen LogP contribution in [0.4, 0.5) is 16.2 Å². The number of nitrogens with zero attached hydrogens (tertiary/aromatic N) is 3. The van der Waals surface area contributed by atoms with E-state index in [1.54, 1.807) is 12.1 Å². The van der Waals surface area contributed by atoms with Crippen LogP contribution in [0.25, 0.3) is 0 Å². The van der Waals surface area contributed by atoms with Crippen LogP contribution in [0.2, 0.25) is 0 Å². The summed E-state index contributed by atoms with van der Waals surface area (Å²) in [6, 6.07) is 13.7. The van der Waals surface area contributed by atoms with Crippen LogP contribution in [0.5, 0.6) is 0 Å². The van der Waals surface area contributed by atoms with Crippen LogP contribution in [-0.2, 0) is 23.0 Å². The molecule has 3 aromatic rings. The molecule has 1 saturated heterocycles. The van der Waals surface area contributed by atoms with E-state index in [9.17, 15) is 18.8 Å². The summed E-state index contributed by atoms with van der Waals surface area (Å²) in [5.74, 6) is 1.41. The third-order valence-corrected chi connectivity index (χ3v) is 9.50. The van der Waals surface area contributed by atoms with Crippen molar-refractivity contribution in [1.29, 1.82) is 0 Å². The number of hydrogen-bond acceptors (Lipinski definition) is 7. The minimum Gasteiger partial charge on any atom is -0.611 e. The maximum Gasteiger partial charge on any atom is 0.227 e. The highest BCUT2D eigenvalue weighted by atomic mass is 32.2. The lowest BCUT2D eigenvalue weighted by atomic mass is 9.68. The number of carbonyl (C=O) groups excluding carboxylic acids is 1. The number of anilines is 2. The normalized spacial score (nSPS) is 19.2. The molecule has 0 bridgehead atoms. The highest BCUT2D eigenvalue weighted by Crippen LogP contribution is 2.41. The molecule has 0 spiro atoms. The first-order valence-electron chi connectivity index (χ1n) is 13.5. The van der Waals surface area contributed by atoms with Crippen molar-refractivity contribution in [2.45, 2.75) is 56.4 Å². The number of aromatic nitrogens is 2. The average molecular weight is 551 g/mol. The van der Waals surface area contributed by atoms with Crippen molar-refractivity contribution in [1.82, 2.24) is 9.97 Å². The van der Waals surface area contributed by atoms with Crippen molar-refractivity contribution < 1.29 is 18.8 Å². The van der Waals surface area contributed by atoms with Crippen LogP contribution < -0.4 is 10.2 Å². The van der Waals surface area contributed by atoms with Crippen LogP contribution in [0.3, 0.4) is 0 Å². The van der Waals surface area contributed by atoms with Crippen LogP contribution in [0, 0.1) is 18.7 Å². The van der Waals surface area contributed by atoms with Crippen LogP contribution >= 0.6 is 0 Å². The van der Waals surface area contributed by atoms with E-state index >= 15 is 0 Å². The summed E-state index contributed by atoms with van der Waals surface area (Å²) in [6.07, 6.45) is 1.65. The minimum atomic E-state index is -1.19. The lowest BCUT2D eigenvalue weighted by molar-refractivity contribution is 0.0854. The monoisotopic (exact) mass is 550 g/mol. The molecule has 206 valence electrons. The van der Waals surface area contributed by atoms with Gasteiger partial charge in [0.2, 0.25) is 10.8 Å². The number of halogens is 1. The van der Waals surface area contributed by atoms with Gasteiger partial charge in [-0.15, -0.1) is 0 Å². The third kappa shape index (κ3) is 5.40. The summed E-state index contributed by atoms with van der Waals surface area (Å²) in [5, 5.41) is 13.2. The predicted octanol–water partition coefficient (Wildman–Crippen LogP) is 4.44. The van der Waals surface area contributed by atoms with Gasteiger partial charge in [0.15, 0.2) is 11.6 Å². The van der Waals surface area contributed by atoms with Crippen LogP contribution in [0.1, 0.15) is 53.9 Å². The summed E-state index contributed by atoms with van der Waals surface area (Å²) < 4.78 is 26.6. The van der Waals surface area contributed by atoms with Gasteiger partial charge in [-0.2, -0.15) is 4.98 Å². The summed E-state index contributed by atoms with van der Waals surface area (Å²) >= 11 is -1.19. The fourth-order valence-electron chi connectivity index (χ4n) is 5.51. The summed E-state index contributed by atoms with van der Waals surface area (Å²) in [7, 11) is 0. The number of piperidine rings is 1. The Bertz CT molecular complexity index is 1330. The first-order valence-corrected chi connectivity index (χ1v) is 14.8. The molecule has 2 aliphatic heterocycles. The van der Waals surface area contributed by atoms with E-state index in [0.29, 0.717) is 60.3 Å². The Balaban J connectivity index is 1.46. The summed E-state index contributed by atoms with van der Waals surface area (Å²) in [4.78, 5) is 26.3. The molecule has 7 nitrogen and oxygen atoms in total. The van der Waals surface area contributed by atoms with Crippen molar-refractivity contribution in [3.8, 4) is 0 Å². The lowest BCUT2D eigenvalue weighted by Crippen LogP contribution is -2.48. The number of ketones is 1. The number of carbonyl (C=O) groups is 1. The molecule has 0 radical (unpaired) electrons. The summed E-state index contributed by atoms with van der Waals surface area (Å²) in [6.45, 7) is 7.01. The van der Waals surface area contributed by atoms with Crippen LogP contribution in [0.15, 0.2) is 53.4 Å². The fraction of sp³-hybridized carbons (Fsp3) is 0.433. The molecule has 1 unspecified atom stereocenters. The van der Waals surface area contributed by atoms with Gasteiger partial charge in [0.25, 0.3) is 0 Å². The Hall–Kier alpha value is -3.01. The molecule has 2 N–H and O–H groups in total. The molecular weight excluding hydrogens is 515 g/mol. The van der Waals surface area contributed by atoms with E-state index in [2.05, 4.69) is 10.2 Å². The minimum absolute atomic E-state index is 0.0316. The van der Waals surface area contributed by atoms with Gasteiger partial charge in [0.1, 0.15) is 17.3 Å². The molecule has 5 rings (SSSR count). The van der Waals surface area contributed by atoms with E-state index in [-0.39, 0.29) is 30.2 Å². The van der Waals surface area contributed by atoms with Gasteiger partial charge in [-0.3, -0.25) is 4.79 Å². The van der Waals surface area contributed by atoms with Crippen LogP contribution in [-0.4, -0.2) is 56.9 Å². The SMILES string of the molecule is Cc1ccc(C(=O)C2(c3ccc(F)cc3)CCN(c3nc4c(c(N[C@@H](CO)C(C)C)n3)[S+]([O-])CC4)CC2)cc1. The van der Waals surface area contributed by atoms with Gasteiger partial charge in [-0.25, -0.2) is 9.37 Å². The Kier molecular flexibility index (Phi) is 7.94. The number of fused-ring (bicyclic) bond motifs is 1. The largest absolute Gasteiger partial charge is 0.611 e. The third-order valence-electron chi connectivity index (χ3n) is 8.04. The van der Waals surface area contributed by atoms with Crippen molar-refractivity contribution in [2.24, 2.45) is 5.92 Å².